The summed E-state index contributed by atoms with van der Waals surface area (Å²) in [7, 11) is 0. The highest BCUT2D eigenvalue weighted by atomic mass is 16.7. The maximum Gasteiger partial charge on any atom is 0.174 e. The molecule has 3 nitrogen and oxygen atoms in total. The van der Waals surface area contributed by atoms with Crippen molar-refractivity contribution in [1.29, 1.82) is 0 Å². The molecule has 4 aliphatic carbocycles. The molecule has 1 aliphatic heterocycles. The van der Waals surface area contributed by atoms with Gasteiger partial charge in [0.2, 0.25) is 0 Å². The Hall–Kier alpha value is -0.670. The summed E-state index contributed by atoms with van der Waals surface area (Å²) in [4.78, 5) is 11.9. The Morgan fingerprint density at radius 2 is 1.71 bits per heavy atom. The lowest BCUT2D eigenvalue weighted by atomic mass is 9.47. The van der Waals surface area contributed by atoms with Gasteiger partial charge < -0.3 is 9.47 Å². The Kier molecular flexibility index (Phi) is 3.21. The largest absolute Gasteiger partial charge is 0.347 e. The van der Waals surface area contributed by atoms with Crippen LogP contribution in [0.15, 0.2) is 11.6 Å². The summed E-state index contributed by atoms with van der Waals surface area (Å²) in [5.41, 5.74) is 1.92. The van der Waals surface area contributed by atoms with Gasteiger partial charge in [0.1, 0.15) is 0 Å². The van der Waals surface area contributed by atoms with E-state index in [1.165, 1.54) is 31.3 Å². The zero-order valence-electron chi connectivity index (χ0n) is 15.1. The van der Waals surface area contributed by atoms with Crippen molar-refractivity contribution < 1.29 is 14.3 Å². The summed E-state index contributed by atoms with van der Waals surface area (Å²) < 4.78 is 12.4. The second-order valence-electron chi connectivity index (χ2n) is 9.41. The lowest BCUT2D eigenvalue weighted by molar-refractivity contribution is -0.242. The molecule has 0 aromatic rings. The molecule has 3 saturated carbocycles. The van der Waals surface area contributed by atoms with Crippen LogP contribution in [0.1, 0.15) is 65.2 Å². The first kappa shape index (κ1) is 15.6. The molecule has 0 radical (unpaired) electrons. The molecule has 24 heavy (non-hydrogen) atoms. The highest BCUT2D eigenvalue weighted by Gasteiger charge is 2.66. The Bertz CT molecular complexity index is 602. The van der Waals surface area contributed by atoms with Crippen LogP contribution in [-0.4, -0.2) is 24.8 Å². The van der Waals surface area contributed by atoms with E-state index in [-0.39, 0.29) is 16.6 Å². The fraction of sp³-hybridized carbons (Fsp3) is 0.857. The first-order valence-electron chi connectivity index (χ1n) is 10.0. The fourth-order valence-corrected chi connectivity index (χ4v) is 7.44. The molecule has 4 fully saturated rings. The molecule has 0 N–H and O–H groups in total. The van der Waals surface area contributed by atoms with Gasteiger partial charge in [-0.2, -0.15) is 0 Å². The van der Waals surface area contributed by atoms with Gasteiger partial charge in [-0.3, -0.25) is 4.79 Å². The van der Waals surface area contributed by atoms with Crippen molar-refractivity contribution in [2.45, 2.75) is 71.0 Å². The van der Waals surface area contributed by atoms with Gasteiger partial charge in [-0.05, 0) is 67.8 Å². The molecule has 1 heterocycles. The molecule has 1 saturated heterocycles. The molecule has 5 rings (SSSR count). The maximum atomic E-state index is 11.9. The minimum atomic E-state index is -0.289. The van der Waals surface area contributed by atoms with Crippen LogP contribution in [0.2, 0.25) is 0 Å². The molecule has 0 unspecified atom stereocenters. The van der Waals surface area contributed by atoms with E-state index < -0.39 is 0 Å². The van der Waals surface area contributed by atoms with Crippen molar-refractivity contribution in [3.63, 3.8) is 0 Å². The lowest BCUT2D eigenvalue weighted by Gasteiger charge is -2.58. The number of ether oxygens (including phenoxy) is 2. The van der Waals surface area contributed by atoms with Gasteiger partial charge in [0.05, 0.1) is 13.2 Å². The topological polar surface area (TPSA) is 35.5 Å². The molecule has 1 spiro atoms. The van der Waals surface area contributed by atoms with Gasteiger partial charge in [-0.25, -0.2) is 0 Å². The Labute approximate surface area is 145 Å². The molecular formula is C21H30O3. The summed E-state index contributed by atoms with van der Waals surface area (Å²) in [6, 6.07) is 0. The summed E-state index contributed by atoms with van der Waals surface area (Å²) in [5.74, 6) is 2.33. The van der Waals surface area contributed by atoms with Crippen LogP contribution >= 0.6 is 0 Å². The number of allylic oxidation sites excluding steroid dienone is 1. The number of carbonyl (C=O) groups is 1. The van der Waals surface area contributed by atoms with Crippen molar-refractivity contribution in [3.8, 4) is 0 Å². The number of carbonyl (C=O) groups excluding carboxylic acids is 1. The van der Waals surface area contributed by atoms with Gasteiger partial charge in [0.15, 0.2) is 11.6 Å². The molecule has 0 bridgehead atoms. The molecule has 132 valence electrons. The Morgan fingerprint density at radius 1 is 0.958 bits per heavy atom. The monoisotopic (exact) mass is 330 g/mol. The van der Waals surface area contributed by atoms with E-state index in [4.69, 9.17) is 9.47 Å². The minimum Gasteiger partial charge on any atom is -0.347 e. The predicted octanol–water partition coefficient (Wildman–Crippen LogP) is 4.26. The number of rotatable bonds is 0. The third-order valence-corrected chi connectivity index (χ3v) is 8.76. The summed E-state index contributed by atoms with van der Waals surface area (Å²) in [6.07, 6.45) is 11.0. The average molecular weight is 330 g/mol. The van der Waals surface area contributed by atoms with E-state index in [1.807, 2.05) is 6.08 Å². The second kappa shape index (κ2) is 4.94. The molecule has 5 atom stereocenters. The van der Waals surface area contributed by atoms with Gasteiger partial charge in [-0.15, -0.1) is 0 Å². The molecule has 3 heteroatoms. The smallest absolute Gasteiger partial charge is 0.174 e. The third-order valence-electron chi connectivity index (χ3n) is 8.76. The van der Waals surface area contributed by atoms with E-state index in [0.29, 0.717) is 5.78 Å². The first-order valence-corrected chi connectivity index (χ1v) is 10.0. The summed E-state index contributed by atoms with van der Waals surface area (Å²) >= 11 is 0. The zero-order chi connectivity index (χ0) is 16.6. The number of ketones is 1. The van der Waals surface area contributed by atoms with E-state index >= 15 is 0 Å². The SMILES string of the molecule is C[C@]12CCC(=O)C=C1CC[C@H]1[C@H]2CC[C@@]2(C)[C@@H]1CCC21OCCO1. The number of hydrogen-bond acceptors (Lipinski definition) is 3. The zero-order valence-corrected chi connectivity index (χ0v) is 15.1. The van der Waals surface area contributed by atoms with Crippen molar-refractivity contribution in [1.82, 2.24) is 0 Å². The maximum absolute atomic E-state index is 11.9. The molecule has 5 aliphatic rings. The number of hydrogen-bond donors (Lipinski definition) is 0. The van der Waals surface area contributed by atoms with Crippen molar-refractivity contribution in [3.05, 3.63) is 11.6 Å². The lowest BCUT2D eigenvalue weighted by Crippen LogP contribution is -2.55. The Morgan fingerprint density at radius 3 is 2.50 bits per heavy atom. The molecular weight excluding hydrogens is 300 g/mol. The van der Waals surface area contributed by atoms with Crippen LogP contribution in [0.5, 0.6) is 0 Å². The van der Waals surface area contributed by atoms with E-state index in [0.717, 1.165) is 56.7 Å². The van der Waals surface area contributed by atoms with Gasteiger partial charge >= 0.3 is 0 Å². The molecule has 0 aromatic carbocycles. The molecule has 0 aromatic heterocycles. The highest BCUT2D eigenvalue weighted by molar-refractivity contribution is 5.91. The quantitative estimate of drug-likeness (QED) is 0.666. The summed E-state index contributed by atoms with van der Waals surface area (Å²) in [6.45, 7) is 6.44. The van der Waals surface area contributed by atoms with Crippen LogP contribution in [0, 0.1) is 28.6 Å². The van der Waals surface area contributed by atoms with Crippen molar-refractivity contribution in [2.75, 3.05) is 13.2 Å². The van der Waals surface area contributed by atoms with Crippen LogP contribution in [0.25, 0.3) is 0 Å². The van der Waals surface area contributed by atoms with Gasteiger partial charge in [0, 0.05) is 18.3 Å². The fourth-order valence-electron chi connectivity index (χ4n) is 7.44. The molecule has 0 amide bonds. The standard InChI is InChI=1S/C21H30O3/c1-19-8-5-15(22)13-14(19)3-4-16-17(19)6-9-20(2)18(16)7-10-21(20)23-11-12-24-21/h13,16-18H,3-12H2,1-2H3/t16-,17+,18+,19-,20-/m0/s1. The van der Waals surface area contributed by atoms with Crippen LogP contribution in [0.3, 0.4) is 0 Å². The first-order chi connectivity index (χ1) is 11.5. The van der Waals surface area contributed by atoms with E-state index in [1.54, 1.807) is 0 Å². The number of fused-ring (bicyclic) bond motifs is 6. The van der Waals surface area contributed by atoms with Crippen LogP contribution < -0.4 is 0 Å². The van der Waals surface area contributed by atoms with Crippen LogP contribution in [-0.2, 0) is 14.3 Å². The second-order valence-corrected chi connectivity index (χ2v) is 9.41. The Balaban J connectivity index is 1.49. The highest BCUT2D eigenvalue weighted by Crippen LogP contribution is 2.68. The summed E-state index contributed by atoms with van der Waals surface area (Å²) in [5, 5.41) is 0. The normalized spacial score (nSPS) is 49.5. The predicted molar refractivity (Wildman–Crippen MR) is 91.3 cm³/mol. The van der Waals surface area contributed by atoms with Gasteiger partial charge in [0.25, 0.3) is 0 Å². The minimum absolute atomic E-state index is 0.187. The third kappa shape index (κ3) is 1.78. The van der Waals surface area contributed by atoms with E-state index in [9.17, 15) is 4.79 Å². The van der Waals surface area contributed by atoms with Crippen molar-refractivity contribution in [2.24, 2.45) is 28.6 Å². The van der Waals surface area contributed by atoms with E-state index in [2.05, 4.69) is 13.8 Å². The van der Waals surface area contributed by atoms with Crippen LogP contribution in [0.4, 0.5) is 0 Å². The van der Waals surface area contributed by atoms with Crippen molar-refractivity contribution >= 4 is 5.78 Å². The van der Waals surface area contributed by atoms with Gasteiger partial charge in [-0.1, -0.05) is 19.4 Å². The average Bonchev–Trinajstić information content (AvgIpc) is 3.15.